The number of benzene rings is 1. The molecule has 1 unspecified atom stereocenters. The second-order valence-electron chi connectivity index (χ2n) is 7.27. The number of carbonyl (C=O) groups excluding carboxylic acids is 1. The fourth-order valence-electron chi connectivity index (χ4n) is 2.55. The summed E-state index contributed by atoms with van der Waals surface area (Å²) < 4.78 is 19.6. The molecule has 0 N–H and O–H groups in total. The highest BCUT2D eigenvalue weighted by atomic mass is 35.5. The molecule has 1 aromatic carbocycles. The van der Waals surface area contributed by atoms with Crippen LogP contribution in [0.4, 0.5) is 0 Å². The summed E-state index contributed by atoms with van der Waals surface area (Å²) in [5.41, 5.74) is 1.36. The Morgan fingerprint density at radius 2 is 1.93 bits per heavy atom. The third kappa shape index (κ3) is 7.60. The number of esters is 1. The van der Waals surface area contributed by atoms with Gasteiger partial charge in [-0.25, -0.2) is 13.3 Å². The lowest BCUT2D eigenvalue weighted by Crippen LogP contribution is -2.46. The Bertz CT molecular complexity index is 680. The molecule has 0 bridgehead atoms. The number of ether oxygens (including phenoxy) is 1. The summed E-state index contributed by atoms with van der Waals surface area (Å²) in [6.07, 6.45) is 3.09. The third-order valence-electron chi connectivity index (χ3n) is 3.88. The number of rotatable bonds is 10. The van der Waals surface area contributed by atoms with Crippen LogP contribution in [0.5, 0.6) is 0 Å². The highest BCUT2D eigenvalue weighted by Crippen LogP contribution is 2.24. The van der Waals surface area contributed by atoms with Crippen molar-refractivity contribution >= 4 is 28.6 Å². The Hall–Kier alpha value is -1.43. The van der Waals surface area contributed by atoms with Gasteiger partial charge in [-0.2, -0.15) is 0 Å². The fraction of sp³-hybridized carbons (Fsp3) is 0.476. The Kier molecular flexibility index (Phi) is 9.43. The van der Waals surface area contributed by atoms with E-state index in [1.807, 2.05) is 49.3 Å². The predicted octanol–water partition coefficient (Wildman–Crippen LogP) is 4.71. The second-order valence-corrected chi connectivity index (χ2v) is 9.90. The first-order valence-corrected chi connectivity index (χ1v) is 10.5. The molecule has 1 rings (SSSR count). The zero-order chi connectivity index (χ0) is 20.6. The molecule has 0 saturated carbocycles. The molecule has 27 heavy (non-hydrogen) atoms. The number of nitrogens with zero attached hydrogens (tertiary/aromatic N) is 1. The molecule has 0 aliphatic carbocycles. The molecule has 0 aliphatic rings. The van der Waals surface area contributed by atoms with Crippen molar-refractivity contribution in [1.82, 2.24) is 4.31 Å². The van der Waals surface area contributed by atoms with Crippen molar-refractivity contribution < 1.29 is 13.7 Å². The van der Waals surface area contributed by atoms with Gasteiger partial charge in [0.2, 0.25) is 0 Å². The van der Waals surface area contributed by atoms with Gasteiger partial charge in [0.15, 0.2) is 0 Å². The zero-order valence-electron chi connectivity index (χ0n) is 16.7. The van der Waals surface area contributed by atoms with Gasteiger partial charge in [0.05, 0.1) is 11.4 Å². The molecule has 4 nitrogen and oxygen atoms in total. The van der Waals surface area contributed by atoms with Gasteiger partial charge in [0, 0.05) is 23.2 Å². The molecule has 0 fully saturated rings. The maximum Gasteiger partial charge on any atom is 0.334 e. The van der Waals surface area contributed by atoms with Crippen LogP contribution < -0.4 is 0 Å². The molecular formula is C21H30ClNO3S. The Morgan fingerprint density at radius 3 is 2.41 bits per heavy atom. The topological polar surface area (TPSA) is 46.6 Å². The van der Waals surface area contributed by atoms with Crippen LogP contribution in [0.1, 0.15) is 39.7 Å². The standard InChI is InChI=1S/C21H30ClNO3S/c1-7-9-19(14-17-10-12-18(22)13-11-17)23(27(25)21(4,5)6)15-16(3)20(24)26-8-2/h7,10-13,19H,1,3,8-9,14-15H2,2,4-6H3/t19?,27-/m0/s1. The van der Waals surface area contributed by atoms with E-state index in [0.717, 1.165) is 5.56 Å². The maximum atomic E-state index is 13.2. The summed E-state index contributed by atoms with van der Waals surface area (Å²) in [4.78, 5) is 12.0. The fourth-order valence-corrected chi connectivity index (χ4v) is 4.08. The Balaban J connectivity index is 3.15. The van der Waals surface area contributed by atoms with Crippen LogP contribution in [0, 0.1) is 0 Å². The molecular weight excluding hydrogens is 382 g/mol. The molecule has 2 atom stereocenters. The van der Waals surface area contributed by atoms with Crippen molar-refractivity contribution in [2.75, 3.05) is 13.2 Å². The van der Waals surface area contributed by atoms with E-state index in [1.165, 1.54) is 0 Å². The first-order valence-electron chi connectivity index (χ1n) is 8.99. The summed E-state index contributed by atoms with van der Waals surface area (Å²) in [5, 5.41) is 0.671. The van der Waals surface area contributed by atoms with E-state index >= 15 is 0 Å². The van der Waals surface area contributed by atoms with Crippen molar-refractivity contribution in [3.63, 3.8) is 0 Å². The van der Waals surface area contributed by atoms with Gasteiger partial charge in [-0.05, 0) is 58.2 Å². The van der Waals surface area contributed by atoms with E-state index in [9.17, 15) is 9.00 Å². The summed E-state index contributed by atoms with van der Waals surface area (Å²) in [5.74, 6) is -0.461. The van der Waals surface area contributed by atoms with Crippen LogP contribution in [0.25, 0.3) is 0 Å². The molecule has 0 heterocycles. The van der Waals surface area contributed by atoms with E-state index in [4.69, 9.17) is 16.3 Å². The highest BCUT2D eigenvalue weighted by Gasteiger charge is 2.32. The van der Waals surface area contributed by atoms with Crippen LogP contribution in [0.3, 0.4) is 0 Å². The summed E-state index contributed by atoms with van der Waals surface area (Å²) in [6.45, 7) is 15.6. The lowest BCUT2D eigenvalue weighted by molar-refractivity contribution is -0.138. The van der Waals surface area contributed by atoms with Gasteiger partial charge < -0.3 is 4.74 Å². The minimum atomic E-state index is -1.33. The largest absolute Gasteiger partial charge is 0.463 e. The monoisotopic (exact) mass is 411 g/mol. The van der Waals surface area contributed by atoms with E-state index in [0.29, 0.717) is 23.4 Å². The van der Waals surface area contributed by atoms with E-state index in [2.05, 4.69) is 13.2 Å². The van der Waals surface area contributed by atoms with Crippen molar-refractivity contribution in [3.8, 4) is 0 Å². The minimum Gasteiger partial charge on any atom is -0.463 e. The van der Waals surface area contributed by atoms with Crippen molar-refractivity contribution in [1.29, 1.82) is 0 Å². The lowest BCUT2D eigenvalue weighted by Gasteiger charge is -2.35. The van der Waals surface area contributed by atoms with E-state index in [-0.39, 0.29) is 19.2 Å². The van der Waals surface area contributed by atoms with E-state index < -0.39 is 21.7 Å². The summed E-state index contributed by atoms with van der Waals surface area (Å²) in [7, 11) is -1.33. The Labute approximate surface area is 170 Å². The first-order chi connectivity index (χ1) is 12.6. The van der Waals surface area contributed by atoms with Crippen LogP contribution in [-0.4, -0.2) is 38.4 Å². The molecule has 150 valence electrons. The molecule has 0 saturated heterocycles. The third-order valence-corrected chi connectivity index (χ3v) is 6.03. The van der Waals surface area contributed by atoms with Crippen LogP contribution in [-0.2, 0) is 26.9 Å². The molecule has 6 heteroatoms. The average molecular weight is 412 g/mol. The van der Waals surface area contributed by atoms with Crippen molar-refractivity contribution in [2.45, 2.75) is 51.3 Å². The van der Waals surface area contributed by atoms with Crippen LogP contribution in [0.15, 0.2) is 49.1 Å². The van der Waals surface area contributed by atoms with Gasteiger partial charge in [-0.15, -0.1) is 6.58 Å². The second kappa shape index (κ2) is 10.8. The van der Waals surface area contributed by atoms with Crippen LogP contribution >= 0.6 is 11.6 Å². The average Bonchev–Trinajstić information content (AvgIpc) is 2.59. The van der Waals surface area contributed by atoms with Gasteiger partial charge in [-0.3, -0.25) is 0 Å². The zero-order valence-corrected chi connectivity index (χ0v) is 18.2. The smallest absolute Gasteiger partial charge is 0.334 e. The minimum absolute atomic E-state index is 0.102. The molecule has 1 aromatic rings. The summed E-state index contributed by atoms with van der Waals surface area (Å²) in [6, 6.07) is 7.48. The maximum absolute atomic E-state index is 13.2. The molecule has 0 radical (unpaired) electrons. The SMILES string of the molecule is C=CCC(Cc1ccc(Cl)cc1)N(CC(=C)C(=O)OCC)[S@@](=O)C(C)(C)C. The Morgan fingerprint density at radius 1 is 1.33 bits per heavy atom. The van der Waals surface area contributed by atoms with E-state index in [1.54, 1.807) is 13.0 Å². The van der Waals surface area contributed by atoms with Crippen molar-refractivity contribution in [3.05, 3.63) is 59.7 Å². The quantitative estimate of drug-likeness (QED) is 0.318. The number of hydrogen-bond acceptors (Lipinski definition) is 3. The van der Waals surface area contributed by atoms with Crippen molar-refractivity contribution in [2.24, 2.45) is 0 Å². The normalized spacial score (nSPS) is 13.9. The van der Waals surface area contributed by atoms with Gasteiger partial charge in [0.25, 0.3) is 0 Å². The predicted molar refractivity (Wildman–Crippen MR) is 114 cm³/mol. The van der Waals surface area contributed by atoms with Gasteiger partial charge in [-0.1, -0.05) is 36.4 Å². The lowest BCUT2D eigenvalue weighted by atomic mass is 10.0. The highest BCUT2D eigenvalue weighted by molar-refractivity contribution is 7.84. The van der Waals surface area contributed by atoms with Gasteiger partial charge >= 0.3 is 5.97 Å². The molecule has 0 aliphatic heterocycles. The van der Waals surface area contributed by atoms with Crippen LogP contribution in [0.2, 0.25) is 5.02 Å². The number of carbonyl (C=O) groups is 1. The first kappa shape index (κ1) is 23.6. The summed E-state index contributed by atoms with van der Waals surface area (Å²) >= 11 is 5.98. The molecule has 0 aromatic heterocycles. The molecule has 0 amide bonds. The molecule has 0 spiro atoms. The number of hydrogen-bond donors (Lipinski definition) is 0. The number of halogens is 1. The van der Waals surface area contributed by atoms with Gasteiger partial charge in [0.1, 0.15) is 11.0 Å².